The van der Waals surface area contributed by atoms with E-state index in [4.69, 9.17) is 19.2 Å². The quantitative estimate of drug-likeness (QED) is 0.437. The van der Waals surface area contributed by atoms with E-state index in [0.29, 0.717) is 12.1 Å². The van der Waals surface area contributed by atoms with E-state index < -0.39 is 15.4 Å². The van der Waals surface area contributed by atoms with Gasteiger partial charge in [0.05, 0.1) is 6.61 Å². The molecule has 1 aliphatic heterocycles. The van der Waals surface area contributed by atoms with Crippen molar-refractivity contribution in [2.75, 3.05) is 6.61 Å². The van der Waals surface area contributed by atoms with E-state index in [9.17, 15) is 0 Å². The minimum Gasteiger partial charge on any atom is -0.293 e. The van der Waals surface area contributed by atoms with Gasteiger partial charge in [0.15, 0.2) is 0 Å². The summed E-state index contributed by atoms with van der Waals surface area (Å²) in [4.78, 5) is 15.5. The summed E-state index contributed by atoms with van der Waals surface area (Å²) in [5.41, 5.74) is -0.0297. The van der Waals surface area contributed by atoms with Crippen molar-refractivity contribution in [3.8, 4) is 0 Å². The predicted octanol–water partition coefficient (Wildman–Crippen LogP) is 0.956. The smallest absolute Gasteiger partial charge is 0.214 e. The van der Waals surface area contributed by atoms with Gasteiger partial charge in [0.1, 0.15) is 11.7 Å². The lowest BCUT2D eigenvalue weighted by atomic mass is 10.0. The molecule has 4 nitrogen and oxygen atoms in total. The van der Waals surface area contributed by atoms with Gasteiger partial charge in [-0.15, -0.1) is 0 Å². The minimum absolute atomic E-state index is 0.133. The van der Waals surface area contributed by atoms with Crippen LogP contribution in [-0.4, -0.2) is 28.1 Å². The lowest BCUT2D eigenvalue weighted by Gasteiger charge is -2.28. The van der Waals surface area contributed by atoms with Crippen molar-refractivity contribution in [2.24, 2.45) is 0 Å². The Bertz CT molecular complexity index is 162. The molecule has 0 radical (unpaired) electrons. The zero-order valence-corrected chi connectivity index (χ0v) is 10.1. The molecule has 1 heterocycles. The van der Waals surface area contributed by atoms with Crippen LogP contribution in [-0.2, 0) is 19.2 Å². The summed E-state index contributed by atoms with van der Waals surface area (Å²) in [5, 5.41) is 0. The maximum absolute atomic E-state index is 5.29. The van der Waals surface area contributed by atoms with E-state index in [-0.39, 0.29) is 6.10 Å². The molecule has 0 aliphatic carbocycles. The maximum atomic E-state index is 5.29. The van der Waals surface area contributed by atoms with Crippen LogP contribution in [0.5, 0.6) is 0 Å². The van der Waals surface area contributed by atoms with Crippen molar-refractivity contribution in [3.63, 3.8) is 0 Å². The van der Waals surface area contributed by atoms with Gasteiger partial charge in [-0.05, 0) is 26.3 Å². The molecule has 0 bridgehead atoms. The standard InChI is InChI=1S/C8H18O4Si/c1-6-5-9-10-7(2)8(3,4)11-12-13-6/h6-7H,5,13H2,1-4H3. The summed E-state index contributed by atoms with van der Waals surface area (Å²) in [7, 11) is -0.665. The average molecular weight is 206 g/mol. The van der Waals surface area contributed by atoms with Gasteiger partial charge in [-0.3, -0.25) is 4.58 Å². The van der Waals surface area contributed by atoms with E-state index in [0.717, 1.165) is 0 Å². The summed E-state index contributed by atoms with van der Waals surface area (Å²) < 4.78 is 5.23. The van der Waals surface area contributed by atoms with Crippen molar-refractivity contribution in [2.45, 2.75) is 44.9 Å². The van der Waals surface area contributed by atoms with Crippen molar-refractivity contribution >= 4 is 9.76 Å². The fourth-order valence-electron chi connectivity index (χ4n) is 0.791. The molecule has 0 aromatic carbocycles. The summed E-state index contributed by atoms with van der Waals surface area (Å²) in [6, 6.07) is 0. The Hall–Kier alpha value is 0.0569. The highest BCUT2D eigenvalue weighted by atomic mass is 28.2. The van der Waals surface area contributed by atoms with Crippen LogP contribution in [0.25, 0.3) is 0 Å². The fraction of sp³-hybridized carbons (Fsp3) is 1.00. The van der Waals surface area contributed by atoms with Gasteiger partial charge < -0.3 is 0 Å². The molecule has 1 aliphatic rings. The summed E-state index contributed by atoms with van der Waals surface area (Å²) in [5.74, 6) is 0. The van der Waals surface area contributed by atoms with Crippen molar-refractivity contribution in [3.05, 3.63) is 0 Å². The molecule has 78 valence electrons. The van der Waals surface area contributed by atoms with Gasteiger partial charge in [-0.2, -0.15) is 0 Å². The monoisotopic (exact) mass is 206 g/mol. The first-order valence-electron chi connectivity index (χ1n) is 4.61. The molecular formula is C8H18O4Si. The molecule has 1 saturated heterocycles. The molecule has 1 rings (SSSR count). The van der Waals surface area contributed by atoms with E-state index in [1.807, 2.05) is 20.8 Å². The van der Waals surface area contributed by atoms with E-state index in [1.165, 1.54) is 0 Å². The third-order valence-corrected chi connectivity index (χ3v) is 3.23. The highest BCUT2D eigenvalue weighted by molar-refractivity contribution is 6.29. The minimum atomic E-state index is -0.665. The molecule has 0 aromatic rings. The number of rotatable bonds is 0. The summed E-state index contributed by atoms with van der Waals surface area (Å²) in [6.45, 7) is 8.41. The highest BCUT2D eigenvalue weighted by Gasteiger charge is 2.31. The molecule has 0 aromatic heterocycles. The second-order valence-corrected chi connectivity index (χ2v) is 6.06. The van der Waals surface area contributed by atoms with Crippen LogP contribution in [0.2, 0.25) is 5.54 Å². The molecule has 0 N–H and O–H groups in total. The summed E-state index contributed by atoms with van der Waals surface area (Å²) in [6.07, 6.45) is -0.133. The van der Waals surface area contributed by atoms with Crippen LogP contribution < -0.4 is 0 Å². The lowest BCUT2D eigenvalue weighted by molar-refractivity contribution is -0.378. The Morgan fingerprint density at radius 2 is 2.00 bits per heavy atom. The molecular weight excluding hydrogens is 188 g/mol. The second-order valence-electron chi connectivity index (χ2n) is 4.10. The van der Waals surface area contributed by atoms with E-state index in [1.54, 1.807) is 0 Å². The Balaban J connectivity index is 2.51. The first-order valence-corrected chi connectivity index (χ1v) is 6.00. The SMILES string of the molecule is CC1COOC(C)C(C)(C)OO[SiH2]1. The molecule has 1 fully saturated rings. The third-order valence-electron chi connectivity index (χ3n) is 2.17. The summed E-state index contributed by atoms with van der Waals surface area (Å²) >= 11 is 0. The van der Waals surface area contributed by atoms with Crippen molar-refractivity contribution in [1.82, 2.24) is 0 Å². The zero-order valence-electron chi connectivity index (χ0n) is 8.70. The van der Waals surface area contributed by atoms with Crippen molar-refractivity contribution in [1.29, 1.82) is 0 Å². The van der Waals surface area contributed by atoms with Gasteiger partial charge in [0.2, 0.25) is 9.76 Å². The van der Waals surface area contributed by atoms with Crippen LogP contribution in [0.1, 0.15) is 27.7 Å². The van der Waals surface area contributed by atoms with Gasteiger partial charge in [0, 0.05) is 0 Å². The second kappa shape index (κ2) is 4.52. The Labute approximate surface area is 81.3 Å². The Morgan fingerprint density at radius 1 is 1.31 bits per heavy atom. The van der Waals surface area contributed by atoms with E-state index >= 15 is 0 Å². The fourth-order valence-corrected chi connectivity index (χ4v) is 1.59. The third kappa shape index (κ3) is 3.36. The lowest BCUT2D eigenvalue weighted by Crippen LogP contribution is -2.38. The molecule has 0 amide bonds. The predicted molar refractivity (Wildman–Crippen MR) is 50.7 cm³/mol. The average Bonchev–Trinajstić information content (AvgIpc) is 2.06. The first-order chi connectivity index (χ1) is 6.02. The van der Waals surface area contributed by atoms with Crippen LogP contribution in [0, 0.1) is 0 Å². The van der Waals surface area contributed by atoms with Gasteiger partial charge in [-0.25, -0.2) is 14.7 Å². The molecule has 2 unspecified atom stereocenters. The first kappa shape index (κ1) is 11.1. The van der Waals surface area contributed by atoms with Crippen LogP contribution >= 0.6 is 0 Å². The van der Waals surface area contributed by atoms with Crippen molar-refractivity contribution < 1.29 is 19.2 Å². The number of hydrogen-bond acceptors (Lipinski definition) is 4. The largest absolute Gasteiger partial charge is 0.293 e. The van der Waals surface area contributed by atoms with E-state index in [2.05, 4.69) is 6.92 Å². The maximum Gasteiger partial charge on any atom is 0.214 e. The van der Waals surface area contributed by atoms with Gasteiger partial charge in [-0.1, -0.05) is 6.92 Å². The number of hydrogen-bond donors (Lipinski definition) is 0. The molecule has 2 atom stereocenters. The van der Waals surface area contributed by atoms with Crippen LogP contribution in [0.15, 0.2) is 0 Å². The normalized spacial score (nSPS) is 37.8. The van der Waals surface area contributed by atoms with Crippen LogP contribution in [0.3, 0.4) is 0 Å². The zero-order chi connectivity index (χ0) is 9.90. The highest BCUT2D eigenvalue weighted by Crippen LogP contribution is 2.21. The topological polar surface area (TPSA) is 36.9 Å². The van der Waals surface area contributed by atoms with Gasteiger partial charge >= 0.3 is 0 Å². The molecule has 0 saturated carbocycles. The molecule has 13 heavy (non-hydrogen) atoms. The molecule has 0 spiro atoms. The van der Waals surface area contributed by atoms with Crippen LogP contribution in [0.4, 0.5) is 0 Å². The Kier molecular flexibility index (Phi) is 3.87. The molecule has 5 heteroatoms. The Morgan fingerprint density at radius 3 is 2.69 bits per heavy atom. The van der Waals surface area contributed by atoms with Gasteiger partial charge in [0.25, 0.3) is 0 Å².